The molecule has 0 saturated carbocycles. The van der Waals surface area contributed by atoms with E-state index in [9.17, 15) is 13.2 Å². The average molecular weight is 342 g/mol. The monoisotopic (exact) mass is 342 g/mol. The lowest BCUT2D eigenvalue weighted by Crippen LogP contribution is -2.41. The van der Waals surface area contributed by atoms with E-state index in [0.717, 1.165) is 11.1 Å². The Morgan fingerprint density at radius 2 is 1.83 bits per heavy atom. The summed E-state index contributed by atoms with van der Waals surface area (Å²) in [7, 11) is -2.26. The molecule has 1 aromatic carbocycles. The summed E-state index contributed by atoms with van der Waals surface area (Å²) in [5, 5.41) is 0. The van der Waals surface area contributed by atoms with Crippen molar-refractivity contribution in [3.63, 3.8) is 0 Å². The fourth-order valence-electron chi connectivity index (χ4n) is 2.29. The standard InChI is InChI=1S/C16H26N2O4S/c1-11(2)18(14(5)19)8-7-17-23(20,21)16-10-13(4)12(3)9-15(16)22-6/h9-11,17H,7-8H2,1-6H3. The van der Waals surface area contributed by atoms with E-state index in [-0.39, 0.29) is 23.4 Å². The molecular formula is C16H26N2O4S. The van der Waals surface area contributed by atoms with E-state index in [0.29, 0.717) is 12.3 Å². The molecule has 1 N–H and O–H groups in total. The maximum atomic E-state index is 12.5. The number of aryl methyl sites for hydroxylation is 2. The van der Waals surface area contributed by atoms with Crippen LogP contribution in [-0.4, -0.2) is 45.5 Å². The van der Waals surface area contributed by atoms with Crippen LogP contribution in [0.2, 0.25) is 0 Å². The minimum atomic E-state index is -3.70. The van der Waals surface area contributed by atoms with Crippen LogP contribution in [0, 0.1) is 13.8 Å². The van der Waals surface area contributed by atoms with Crippen LogP contribution in [0.5, 0.6) is 5.75 Å². The van der Waals surface area contributed by atoms with Gasteiger partial charge in [-0.3, -0.25) is 4.79 Å². The molecule has 0 aliphatic rings. The van der Waals surface area contributed by atoms with E-state index in [1.165, 1.54) is 14.0 Å². The Balaban J connectivity index is 2.92. The van der Waals surface area contributed by atoms with Gasteiger partial charge >= 0.3 is 0 Å². The lowest BCUT2D eigenvalue weighted by atomic mass is 10.1. The molecule has 0 bridgehead atoms. The summed E-state index contributed by atoms with van der Waals surface area (Å²) in [4.78, 5) is 13.2. The van der Waals surface area contributed by atoms with Gasteiger partial charge in [-0.1, -0.05) is 0 Å². The van der Waals surface area contributed by atoms with Crippen molar-refractivity contribution in [3.8, 4) is 5.75 Å². The number of carbonyl (C=O) groups is 1. The Labute approximate surface area is 138 Å². The third-order valence-corrected chi connectivity index (χ3v) is 5.22. The SMILES string of the molecule is COc1cc(C)c(C)cc1S(=O)(=O)NCCN(C(C)=O)C(C)C. The van der Waals surface area contributed by atoms with E-state index in [1.807, 2.05) is 27.7 Å². The third-order valence-electron chi connectivity index (χ3n) is 3.74. The summed E-state index contributed by atoms with van der Waals surface area (Å²) in [6.07, 6.45) is 0. The molecule has 0 unspecified atom stereocenters. The average Bonchev–Trinajstić information content (AvgIpc) is 2.44. The number of nitrogens with one attached hydrogen (secondary N) is 1. The molecule has 1 rings (SSSR count). The van der Waals surface area contributed by atoms with Crippen molar-refractivity contribution in [1.29, 1.82) is 0 Å². The minimum Gasteiger partial charge on any atom is -0.495 e. The predicted octanol–water partition coefficient (Wildman–Crippen LogP) is 1.85. The van der Waals surface area contributed by atoms with E-state index in [2.05, 4.69) is 4.72 Å². The van der Waals surface area contributed by atoms with Crippen molar-refractivity contribution in [1.82, 2.24) is 9.62 Å². The number of ether oxygens (including phenoxy) is 1. The smallest absolute Gasteiger partial charge is 0.244 e. The largest absolute Gasteiger partial charge is 0.495 e. The highest BCUT2D eigenvalue weighted by molar-refractivity contribution is 7.89. The van der Waals surface area contributed by atoms with Crippen LogP contribution in [0.4, 0.5) is 0 Å². The molecule has 7 heteroatoms. The highest BCUT2D eigenvalue weighted by Gasteiger charge is 2.21. The Kier molecular flexibility index (Phi) is 6.58. The van der Waals surface area contributed by atoms with Crippen molar-refractivity contribution in [3.05, 3.63) is 23.3 Å². The normalized spacial score (nSPS) is 11.6. The number of hydrogen-bond acceptors (Lipinski definition) is 4. The van der Waals surface area contributed by atoms with Crippen LogP contribution in [-0.2, 0) is 14.8 Å². The summed E-state index contributed by atoms with van der Waals surface area (Å²) in [6, 6.07) is 3.33. The molecule has 0 fully saturated rings. The highest BCUT2D eigenvalue weighted by Crippen LogP contribution is 2.27. The van der Waals surface area contributed by atoms with Crippen molar-refractivity contribution in [2.75, 3.05) is 20.2 Å². The molecule has 6 nitrogen and oxygen atoms in total. The Bertz CT molecular complexity index is 669. The molecule has 0 heterocycles. The molecule has 0 aromatic heterocycles. The van der Waals surface area contributed by atoms with Crippen LogP contribution in [0.1, 0.15) is 31.9 Å². The zero-order chi connectivity index (χ0) is 17.8. The van der Waals surface area contributed by atoms with E-state index in [4.69, 9.17) is 4.74 Å². The number of sulfonamides is 1. The molecule has 0 radical (unpaired) electrons. The molecular weight excluding hydrogens is 316 g/mol. The van der Waals surface area contributed by atoms with Crippen LogP contribution < -0.4 is 9.46 Å². The number of hydrogen-bond donors (Lipinski definition) is 1. The third kappa shape index (κ3) is 4.94. The highest BCUT2D eigenvalue weighted by atomic mass is 32.2. The molecule has 1 amide bonds. The summed E-state index contributed by atoms with van der Waals surface area (Å²) in [6.45, 7) is 9.47. The predicted molar refractivity (Wildman–Crippen MR) is 90.2 cm³/mol. The fraction of sp³-hybridized carbons (Fsp3) is 0.562. The van der Waals surface area contributed by atoms with Gasteiger partial charge in [0.05, 0.1) is 7.11 Å². The summed E-state index contributed by atoms with van der Waals surface area (Å²) < 4.78 is 32.7. The number of methoxy groups -OCH3 is 1. The summed E-state index contributed by atoms with van der Waals surface area (Å²) in [5.74, 6) is 0.232. The molecule has 0 aliphatic carbocycles. The van der Waals surface area contributed by atoms with Gasteiger partial charge in [0.25, 0.3) is 0 Å². The van der Waals surface area contributed by atoms with Crippen molar-refractivity contribution in [2.24, 2.45) is 0 Å². The van der Waals surface area contributed by atoms with Crippen molar-refractivity contribution < 1.29 is 17.9 Å². The minimum absolute atomic E-state index is 0.0214. The van der Waals surface area contributed by atoms with Gasteiger partial charge in [-0.25, -0.2) is 13.1 Å². The zero-order valence-electron chi connectivity index (χ0n) is 14.6. The molecule has 130 valence electrons. The van der Waals surface area contributed by atoms with Crippen molar-refractivity contribution >= 4 is 15.9 Å². The van der Waals surface area contributed by atoms with Gasteiger partial charge in [0.15, 0.2) is 0 Å². The van der Waals surface area contributed by atoms with Gasteiger partial charge in [0, 0.05) is 26.1 Å². The Hall–Kier alpha value is -1.60. The van der Waals surface area contributed by atoms with Crippen LogP contribution in [0.25, 0.3) is 0 Å². The second kappa shape index (κ2) is 7.79. The lowest BCUT2D eigenvalue weighted by Gasteiger charge is -2.25. The maximum Gasteiger partial charge on any atom is 0.244 e. The number of rotatable bonds is 7. The lowest BCUT2D eigenvalue weighted by molar-refractivity contribution is -0.130. The molecule has 0 saturated heterocycles. The van der Waals surface area contributed by atoms with Gasteiger partial charge in [-0.2, -0.15) is 0 Å². The Morgan fingerprint density at radius 3 is 2.30 bits per heavy atom. The van der Waals surface area contributed by atoms with Gasteiger partial charge in [-0.15, -0.1) is 0 Å². The second-order valence-electron chi connectivity index (χ2n) is 5.79. The van der Waals surface area contributed by atoms with Gasteiger partial charge in [0.2, 0.25) is 15.9 Å². The first-order chi connectivity index (χ1) is 10.6. The number of amides is 1. The van der Waals surface area contributed by atoms with E-state index >= 15 is 0 Å². The van der Waals surface area contributed by atoms with Gasteiger partial charge in [-0.05, 0) is 51.0 Å². The molecule has 0 aliphatic heterocycles. The summed E-state index contributed by atoms with van der Waals surface area (Å²) >= 11 is 0. The first-order valence-corrected chi connectivity index (χ1v) is 9.00. The fourth-order valence-corrected chi connectivity index (χ4v) is 3.54. The van der Waals surface area contributed by atoms with Crippen molar-refractivity contribution in [2.45, 2.75) is 45.6 Å². The van der Waals surface area contributed by atoms with Crippen LogP contribution in [0.3, 0.4) is 0 Å². The van der Waals surface area contributed by atoms with Crippen LogP contribution >= 0.6 is 0 Å². The first-order valence-electron chi connectivity index (χ1n) is 7.52. The van der Waals surface area contributed by atoms with E-state index < -0.39 is 10.0 Å². The van der Waals surface area contributed by atoms with E-state index in [1.54, 1.807) is 17.0 Å². The molecule has 0 atom stereocenters. The molecule has 23 heavy (non-hydrogen) atoms. The first kappa shape index (κ1) is 19.4. The van der Waals surface area contributed by atoms with Gasteiger partial charge < -0.3 is 9.64 Å². The molecule has 1 aromatic rings. The number of nitrogens with zero attached hydrogens (tertiary/aromatic N) is 1. The maximum absolute atomic E-state index is 12.5. The van der Waals surface area contributed by atoms with Gasteiger partial charge in [0.1, 0.15) is 10.6 Å². The topological polar surface area (TPSA) is 75.7 Å². The summed E-state index contributed by atoms with van der Waals surface area (Å²) in [5.41, 5.74) is 1.84. The Morgan fingerprint density at radius 1 is 1.26 bits per heavy atom. The number of carbonyl (C=O) groups excluding carboxylic acids is 1. The quantitative estimate of drug-likeness (QED) is 0.820. The second-order valence-corrected chi connectivity index (χ2v) is 7.53. The zero-order valence-corrected chi connectivity index (χ0v) is 15.5. The molecule has 0 spiro atoms. The van der Waals surface area contributed by atoms with Crippen LogP contribution in [0.15, 0.2) is 17.0 Å². The number of benzene rings is 1.